The van der Waals surface area contributed by atoms with Crippen LogP contribution >= 0.6 is 0 Å². The van der Waals surface area contributed by atoms with Crippen LogP contribution in [-0.2, 0) is 4.79 Å². The van der Waals surface area contributed by atoms with Gasteiger partial charge in [-0.1, -0.05) is 19.8 Å². The summed E-state index contributed by atoms with van der Waals surface area (Å²) in [4.78, 5) is 13.7. The van der Waals surface area contributed by atoms with Gasteiger partial charge in [-0.05, 0) is 51.0 Å². The smallest absolute Gasteiger partial charge is 0.451 e. The maximum atomic E-state index is 11.4. The molecule has 1 aliphatic heterocycles. The molecule has 1 heterocycles. The summed E-state index contributed by atoms with van der Waals surface area (Å²) in [7, 11) is -1.32. The number of carboxylic acids is 1. The van der Waals surface area contributed by atoms with Crippen LogP contribution in [0.1, 0.15) is 45.4 Å². The van der Waals surface area contributed by atoms with Gasteiger partial charge < -0.3 is 25.8 Å². The molecule has 122 valence electrons. The number of piperidine rings is 1. The number of hydrogen-bond donors (Lipinski definition) is 4. The Hall–Kier alpha value is -0.625. The molecule has 0 aromatic rings. The van der Waals surface area contributed by atoms with Gasteiger partial charge in [0.2, 0.25) is 0 Å². The highest BCUT2D eigenvalue weighted by molar-refractivity contribution is 6.40. The van der Waals surface area contributed by atoms with Gasteiger partial charge in [-0.2, -0.15) is 0 Å². The number of nitrogens with two attached hydrogens (primary N) is 1. The van der Waals surface area contributed by atoms with E-state index in [1.807, 2.05) is 0 Å². The molecule has 1 unspecified atom stereocenters. The van der Waals surface area contributed by atoms with Crippen molar-refractivity contribution in [1.29, 1.82) is 0 Å². The van der Waals surface area contributed by atoms with Crippen LogP contribution in [0.15, 0.2) is 0 Å². The van der Waals surface area contributed by atoms with Crippen molar-refractivity contribution in [2.24, 2.45) is 11.7 Å². The summed E-state index contributed by atoms with van der Waals surface area (Å²) in [6, 6.07) is 0. The van der Waals surface area contributed by atoms with Crippen LogP contribution in [0.25, 0.3) is 0 Å². The Morgan fingerprint density at radius 3 is 2.43 bits per heavy atom. The fourth-order valence-corrected chi connectivity index (χ4v) is 2.75. The number of carboxylic acid groups (broad SMARTS) is 1. The van der Waals surface area contributed by atoms with Gasteiger partial charge in [0, 0.05) is 6.54 Å². The van der Waals surface area contributed by atoms with Crippen LogP contribution in [0.3, 0.4) is 0 Å². The largest absolute Gasteiger partial charge is 0.480 e. The Balaban J connectivity index is 2.35. The molecule has 0 amide bonds. The third-order valence-corrected chi connectivity index (χ3v) is 4.51. The number of unbranched alkanes of at least 4 members (excludes halogenated alkanes) is 1. The molecule has 1 rings (SSSR count). The molecule has 1 atom stereocenters. The normalized spacial score (nSPS) is 20.2. The maximum Gasteiger partial charge on any atom is 0.451 e. The Kier molecular flexibility index (Phi) is 7.66. The van der Waals surface area contributed by atoms with E-state index in [4.69, 9.17) is 15.8 Å². The SMILES string of the molecule is CC1CCN(CCC(N)(CCCCB(O)O)C(=O)O)CC1. The topological polar surface area (TPSA) is 107 Å². The first-order chi connectivity index (χ1) is 9.83. The summed E-state index contributed by atoms with van der Waals surface area (Å²) >= 11 is 0. The molecular formula is C14H29BN2O4. The fourth-order valence-electron chi connectivity index (χ4n) is 2.75. The van der Waals surface area contributed by atoms with Gasteiger partial charge in [0.25, 0.3) is 0 Å². The number of hydrogen-bond acceptors (Lipinski definition) is 5. The zero-order valence-corrected chi connectivity index (χ0v) is 13.0. The predicted octanol–water partition coefficient (Wildman–Crippen LogP) is 0.534. The third-order valence-electron chi connectivity index (χ3n) is 4.51. The van der Waals surface area contributed by atoms with E-state index < -0.39 is 18.6 Å². The number of rotatable bonds is 9. The van der Waals surface area contributed by atoms with Crippen molar-refractivity contribution in [2.45, 2.75) is 57.3 Å². The van der Waals surface area contributed by atoms with E-state index in [2.05, 4.69) is 11.8 Å². The van der Waals surface area contributed by atoms with E-state index in [0.29, 0.717) is 25.7 Å². The highest BCUT2D eigenvalue weighted by Gasteiger charge is 2.34. The minimum absolute atomic E-state index is 0.264. The van der Waals surface area contributed by atoms with Crippen molar-refractivity contribution >= 4 is 13.1 Å². The van der Waals surface area contributed by atoms with Crippen LogP contribution in [0.4, 0.5) is 0 Å². The lowest BCUT2D eigenvalue weighted by molar-refractivity contribution is -0.144. The molecule has 0 saturated carbocycles. The lowest BCUT2D eigenvalue weighted by atomic mass is 9.81. The number of carbonyl (C=O) groups is 1. The summed E-state index contributed by atoms with van der Waals surface area (Å²) in [5.74, 6) is -0.203. The standard InChI is InChI=1S/C14H29BN2O4/c1-12-4-9-17(10-5-12)11-7-14(16,13(18)19)6-2-3-8-15(20)21/h12,20-21H,2-11,16H2,1H3,(H,18,19). The lowest BCUT2D eigenvalue weighted by Crippen LogP contribution is -2.50. The molecule has 7 heteroatoms. The highest BCUT2D eigenvalue weighted by Crippen LogP contribution is 2.21. The monoisotopic (exact) mass is 300 g/mol. The van der Waals surface area contributed by atoms with E-state index in [9.17, 15) is 9.90 Å². The highest BCUT2D eigenvalue weighted by atomic mass is 16.4. The third kappa shape index (κ3) is 6.78. The van der Waals surface area contributed by atoms with Gasteiger partial charge in [-0.3, -0.25) is 4.79 Å². The van der Waals surface area contributed by atoms with Crippen molar-refractivity contribution in [3.63, 3.8) is 0 Å². The van der Waals surface area contributed by atoms with E-state index in [1.165, 1.54) is 12.8 Å². The first-order valence-corrected chi connectivity index (χ1v) is 7.94. The fraction of sp³-hybridized carbons (Fsp3) is 0.929. The molecule has 1 aliphatic rings. The summed E-state index contributed by atoms with van der Waals surface area (Å²) in [5.41, 5.74) is 4.85. The number of aliphatic carboxylic acids is 1. The second-order valence-corrected chi connectivity index (χ2v) is 6.46. The quantitative estimate of drug-likeness (QED) is 0.365. The average Bonchev–Trinajstić information content (AvgIpc) is 2.42. The van der Waals surface area contributed by atoms with Gasteiger partial charge in [0.1, 0.15) is 5.54 Å². The minimum atomic E-state index is -1.32. The average molecular weight is 300 g/mol. The van der Waals surface area contributed by atoms with E-state index in [-0.39, 0.29) is 6.32 Å². The molecule has 0 aliphatic carbocycles. The van der Waals surface area contributed by atoms with Crippen molar-refractivity contribution in [3.05, 3.63) is 0 Å². The Bertz CT molecular complexity index is 322. The van der Waals surface area contributed by atoms with Crippen molar-refractivity contribution in [1.82, 2.24) is 4.90 Å². The van der Waals surface area contributed by atoms with Crippen LogP contribution in [0.2, 0.25) is 6.32 Å². The van der Waals surface area contributed by atoms with Crippen molar-refractivity contribution < 1.29 is 19.9 Å². The van der Waals surface area contributed by atoms with E-state index in [0.717, 1.165) is 25.6 Å². The summed E-state index contributed by atoms with van der Waals surface area (Å²) in [6.45, 7) is 5.01. The molecule has 0 radical (unpaired) electrons. The molecule has 0 bridgehead atoms. The van der Waals surface area contributed by atoms with Crippen molar-refractivity contribution in [2.75, 3.05) is 19.6 Å². The predicted molar refractivity (Wildman–Crippen MR) is 82.9 cm³/mol. The number of nitrogens with zero attached hydrogens (tertiary/aromatic N) is 1. The van der Waals surface area contributed by atoms with Gasteiger partial charge in [-0.15, -0.1) is 0 Å². The molecule has 0 aromatic heterocycles. The van der Waals surface area contributed by atoms with Crippen LogP contribution in [0, 0.1) is 5.92 Å². The molecule has 6 nitrogen and oxygen atoms in total. The van der Waals surface area contributed by atoms with Crippen LogP contribution in [-0.4, -0.2) is 58.3 Å². The Morgan fingerprint density at radius 2 is 1.90 bits per heavy atom. The summed E-state index contributed by atoms with van der Waals surface area (Å²) in [5, 5.41) is 26.9. The van der Waals surface area contributed by atoms with Gasteiger partial charge in [-0.25, -0.2) is 0 Å². The van der Waals surface area contributed by atoms with Gasteiger partial charge in [0.15, 0.2) is 0 Å². The molecular weight excluding hydrogens is 271 g/mol. The molecule has 1 fully saturated rings. The summed E-state index contributed by atoms with van der Waals surface area (Å²) < 4.78 is 0. The lowest BCUT2D eigenvalue weighted by Gasteiger charge is -2.33. The zero-order chi connectivity index (χ0) is 15.9. The molecule has 21 heavy (non-hydrogen) atoms. The van der Waals surface area contributed by atoms with Crippen molar-refractivity contribution in [3.8, 4) is 0 Å². The zero-order valence-electron chi connectivity index (χ0n) is 13.0. The first-order valence-electron chi connectivity index (χ1n) is 7.94. The summed E-state index contributed by atoms with van der Waals surface area (Å²) in [6.07, 6.45) is 4.58. The van der Waals surface area contributed by atoms with Gasteiger partial charge in [0.05, 0.1) is 0 Å². The second kappa shape index (κ2) is 8.73. The molecule has 1 saturated heterocycles. The minimum Gasteiger partial charge on any atom is -0.480 e. The molecule has 5 N–H and O–H groups in total. The second-order valence-electron chi connectivity index (χ2n) is 6.46. The van der Waals surface area contributed by atoms with E-state index in [1.54, 1.807) is 0 Å². The molecule has 0 aromatic carbocycles. The van der Waals surface area contributed by atoms with Gasteiger partial charge >= 0.3 is 13.1 Å². The Labute approximate surface area is 127 Å². The van der Waals surface area contributed by atoms with Crippen LogP contribution < -0.4 is 5.73 Å². The Morgan fingerprint density at radius 1 is 1.29 bits per heavy atom. The first kappa shape index (κ1) is 18.4. The molecule has 0 spiro atoms. The van der Waals surface area contributed by atoms with E-state index >= 15 is 0 Å². The van der Waals surface area contributed by atoms with Crippen LogP contribution in [0.5, 0.6) is 0 Å². The maximum absolute atomic E-state index is 11.4. The number of likely N-dealkylation sites (tertiary alicyclic amines) is 1.